The van der Waals surface area contributed by atoms with E-state index in [4.69, 9.17) is 8.48 Å². The SMILES string of the molecule is [2H]C1C=CN(c2cc3ccn(C4CCN(CC5(F)CCN(C(=O)c6ccc([C@H]7C[C@@H](F)CN(c8cc(-c9ccccc9O)nnc8N)C7)cc6)CC5)CC4)c3cc2F)C([2H])N1. The quantitative estimate of drug-likeness (QED) is 0.152. The van der Waals surface area contributed by atoms with Gasteiger partial charge in [-0.1, -0.05) is 30.3 Å². The van der Waals surface area contributed by atoms with E-state index in [-0.39, 0.29) is 54.5 Å². The Balaban J connectivity index is 0.776. The minimum Gasteiger partial charge on any atom is -0.507 e. The molecule has 1 amide bonds. The van der Waals surface area contributed by atoms with Crippen LogP contribution in [0.5, 0.6) is 5.75 Å². The van der Waals surface area contributed by atoms with Crippen molar-refractivity contribution < 1.29 is 25.8 Å². The Kier molecular flexibility index (Phi) is 10.0. The van der Waals surface area contributed by atoms with Crippen molar-refractivity contribution in [3.05, 3.63) is 108 Å². The molecule has 4 aliphatic rings. The highest BCUT2D eigenvalue weighted by Gasteiger charge is 2.39. The van der Waals surface area contributed by atoms with Gasteiger partial charge in [0.05, 0.1) is 30.6 Å². The summed E-state index contributed by atoms with van der Waals surface area (Å²) >= 11 is 0. The lowest BCUT2D eigenvalue weighted by molar-refractivity contribution is 0.0158. The number of hydrogen-bond donors (Lipinski definition) is 3. The van der Waals surface area contributed by atoms with Gasteiger partial charge in [-0.05, 0) is 67.3 Å². The van der Waals surface area contributed by atoms with Crippen molar-refractivity contribution in [3.63, 3.8) is 0 Å². The number of nitrogens with two attached hydrogens (primary N) is 1. The van der Waals surface area contributed by atoms with Crippen LogP contribution in [0.2, 0.25) is 0 Å². The number of benzene rings is 3. The second-order valence-corrected chi connectivity index (χ2v) is 16.3. The number of carbonyl (C=O) groups is 1. The highest BCUT2D eigenvalue weighted by Crippen LogP contribution is 2.38. The minimum atomic E-state index is -1.41. The number of aromatic hydroxyl groups is 1. The molecular weight excluding hydrogens is 756 g/mol. The number of anilines is 3. The lowest BCUT2D eigenvalue weighted by Gasteiger charge is -2.41. The molecule has 4 aliphatic heterocycles. The van der Waals surface area contributed by atoms with Crippen molar-refractivity contribution in [2.24, 2.45) is 0 Å². The number of rotatable bonds is 8. The maximum absolute atomic E-state index is 16.3. The zero-order valence-corrected chi connectivity index (χ0v) is 32.7. The lowest BCUT2D eigenvalue weighted by Crippen LogP contribution is -2.51. The molecular formula is C45H50F3N9O2. The molecule has 4 N–H and O–H groups in total. The van der Waals surface area contributed by atoms with E-state index in [1.807, 2.05) is 29.3 Å². The summed E-state index contributed by atoms with van der Waals surface area (Å²) < 4.78 is 65.2. The number of para-hydroxylation sites is 1. The number of halogens is 3. The summed E-state index contributed by atoms with van der Waals surface area (Å²) in [5, 5.41) is 22.3. The van der Waals surface area contributed by atoms with Crippen molar-refractivity contribution in [1.82, 2.24) is 29.9 Å². The van der Waals surface area contributed by atoms with E-state index in [9.17, 15) is 9.90 Å². The maximum Gasteiger partial charge on any atom is 0.253 e. The zero-order chi connectivity index (χ0) is 42.4. The molecule has 2 unspecified atom stereocenters. The van der Waals surface area contributed by atoms with Crippen LogP contribution < -0.4 is 20.9 Å². The molecule has 3 aromatic carbocycles. The standard InChI is InChI=1S/C45H50F3N9O2/c46-34-22-33(26-56(27-34)41-25-38(51-52-43(41)49)36-4-1-2-5-42(36)58)30-6-8-31(9-7-30)44(59)54-20-13-45(48,14-21-54)28-53-17-11-35(12-18-53)57-19-10-32-23-40(37(47)24-39(32)57)55-16-3-15-50-29-55/h1-10,16,19,23-25,33-35,50,58H,11-15,17-18,20-22,26-29H2,(H2,49,52)/t33-,34+/m0/s1/i15D,29D/t15?,29?,33-,34+. The Morgan fingerprint density at radius 3 is 2.53 bits per heavy atom. The smallest absolute Gasteiger partial charge is 0.253 e. The van der Waals surface area contributed by atoms with E-state index in [1.165, 1.54) is 11.0 Å². The van der Waals surface area contributed by atoms with Gasteiger partial charge in [0.15, 0.2) is 5.82 Å². The van der Waals surface area contributed by atoms with Gasteiger partial charge in [-0.2, -0.15) is 0 Å². The first kappa shape index (κ1) is 36.5. The second kappa shape index (κ2) is 16.2. The van der Waals surface area contributed by atoms with Crippen LogP contribution >= 0.6 is 0 Å². The minimum absolute atomic E-state index is 0.0575. The van der Waals surface area contributed by atoms with E-state index < -0.39 is 30.8 Å². The van der Waals surface area contributed by atoms with E-state index in [0.717, 1.165) is 29.3 Å². The fraction of sp³-hybridized carbons (Fsp3) is 0.400. The average Bonchev–Trinajstić information content (AvgIpc) is 3.66. The van der Waals surface area contributed by atoms with Crippen LogP contribution in [0, 0.1) is 5.82 Å². The molecule has 3 fully saturated rings. The number of amides is 1. The lowest BCUT2D eigenvalue weighted by atomic mass is 9.88. The van der Waals surface area contributed by atoms with Crippen molar-refractivity contribution in [1.29, 1.82) is 0 Å². The van der Waals surface area contributed by atoms with Gasteiger partial charge in [0, 0.05) is 113 Å². The maximum atomic E-state index is 16.3. The summed E-state index contributed by atoms with van der Waals surface area (Å²) in [6.45, 7) is 1.30. The first-order valence-corrected chi connectivity index (χ1v) is 20.4. The second-order valence-electron chi connectivity index (χ2n) is 16.3. The number of alkyl halides is 2. The molecule has 11 nitrogen and oxygen atoms in total. The molecule has 0 saturated carbocycles. The number of phenols is 1. The molecule has 0 spiro atoms. The summed E-state index contributed by atoms with van der Waals surface area (Å²) in [6.07, 6.45) is 6.41. The molecule has 308 valence electrons. The topological polar surface area (TPSA) is 119 Å². The van der Waals surface area contributed by atoms with Gasteiger partial charge in [0.2, 0.25) is 0 Å². The molecule has 3 saturated heterocycles. The van der Waals surface area contributed by atoms with Gasteiger partial charge in [-0.3, -0.25) is 10.1 Å². The third-order valence-electron chi connectivity index (χ3n) is 12.5. The van der Waals surface area contributed by atoms with Crippen molar-refractivity contribution in [2.75, 3.05) is 74.5 Å². The van der Waals surface area contributed by atoms with Gasteiger partial charge < -0.3 is 35.0 Å². The van der Waals surface area contributed by atoms with E-state index in [2.05, 4.69) is 25.0 Å². The summed E-state index contributed by atoms with van der Waals surface area (Å²) in [5.74, 6) is -0.525. The highest BCUT2D eigenvalue weighted by atomic mass is 19.1. The summed E-state index contributed by atoms with van der Waals surface area (Å²) in [5.41, 5.74) is 8.77. The molecule has 2 aromatic heterocycles. The van der Waals surface area contributed by atoms with E-state index in [0.29, 0.717) is 68.2 Å². The number of aromatic nitrogens is 3. The number of phenolic OH excluding ortho intramolecular Hbond substituents is 1. The van der Waals surface area contributed by atoms with Crippen LogP contribution in [-0.4, -0.2) is 106 Å². The Labute approximate surface area is 344 Å². The van der Waals surface area contributed by atoms with Crippen LogP contribution in [0.15, 0.2) is 91.3 Å². The molecule has 4 atom stereocenters. The Bertz CT molecular complexity index is 2420. The number of hydrogen-bond acceptors (Lipinski definition) is 9. The number of nitrogen functional groups attached to an aromatic ring is 1. The van der Waals surface area contributed by atoms with Crippen LogP contribution in [0.4, 0.5) is 30.4 Å². The Hall–Kier alpha value is -5.60. The zero-order valence-electron chi connectivity index (χ0n) is 34.7. The number of piperidine rings is 3. The molecule has 0 bridgehead atoms. The van der Waals surface area contributed by atoms with E-state index >= 15 is 13.2 Å². The van der Waals surface area contributed by atoms with Gasteiger partial charge in [-0.15, -0.1) is 10.2 Å². The largest absolute Gasteiger partial charge is 0.507 e. The third-order valence-corrected chi connectivity index (χ3v) is 12.5. The van der Waals surface area contributed by atoms with Gasteiger partial charge in [0.1, 0.15) is 23.4 Å². The summed E-state index contributed by atoms with van der Waals surface area (Å²) in [7, 11) is 0. The number of likely N-dealkylation sites (tertiary alicyclic amines) is 2. The fourth-order valence-electron chi connectivity index (χ4n) is 9.24. The van der Waals surface area contributed by atoms with Gasteiger partial charge in [0.25, 0.3) is 5.91 Å². The monoisotopic (exact) mass is 807 g/mol. The van der Waals surface area contributed by atoms with Crippen LogP contribution in [-0.2, 0) is 0 Å². The predicted molar refractivity (Wildman–Crippen MR) is 225 cm³/mol. The first-order valence-electron chi connectivity index (χ1n) is 21.6. The average molecular weight is 808 g/mol. The van der Waals surface area contributed by atoms with Crippen LogP contribution in [0.25, 0.3) is 22.2 Å². The number of nitrogens with one attached hydrogen (secondary N) is 1. The molecule has 0 aliphatic carbocycles. The molecule has 6 heterocycles. The van der Waals surface area contributed by atoms with Crippen molar-refractivity contribution >= 4 is 34.0 Å². The summed E-state index contributed by atoms with van der Waals surface area (Å²) in [4.78, 5) is 20.8. The fourth-order valence-corrected chi connectivity index (χ4v) is 9.24. The Morgan fingerprint density at radius 1 is 0.983 bits per heavy atom. The number of nitrogens with zero attached hydrogens (tertiary/aromatic N) is 7. The molecule has 5 aromatic rings. The number of fused-ring (bicyclic) bond motifs is 1. The normalized spacial score (nSPS) is 24.6. The molecule has 9 rings (SSSR count). The Morgan fingerprint density at radius 2 is 1.76 bits per heavy atom. The van der Waals surface area contributed by atoms with Gasteiger partial charge >= 0.3 is 0 Å². The van der Waals surface area contributed by atoms with Crippen molar-refractivity contribution in [3.8, 4) is 17.0 Å². The first-order chi connectivity index (χ1) is 29.4. The highest BCUT2D eigenvalue weighted by molar-refractivity contribution is 5.94. The van der Waals surface area contributed by atoms with E-state index in [1.54, 1.807) is 65.7 Å². The number of carbonyl (C=O) groups excluding carboxylic acids is 1. The predicted octanol–water partition coefficient (Wildman–Crippen LogP) is 7.02. The summed E-state index contributed by atoms with van der Waals surface area (Å²) in [6, 6.07) is 21.2. The van der Waals surface area contributed by atoms with Crippen LogP contribution in [0.3, 0.4) is 0 Å². The molecule has 14 heteroatoms. The molecule has 59 heavy (non-hydrogen) atoms. The van der Waals surface area contributed by atoms with Gasteiger partial charge in [-0.25, -0.2) is 13.2 Å². The molecule has 0 radical (unpaired) electrons. The van der Waals surface area contributed by atoms with Crippen molar-refractivity contribution in [2.45, 2.75) is 55.9 Å². The van der Waals surface area contributed by atoms with Crippen LogP contribution in [0.1, 0.15) is 62.7 Å². The third kappa shape index (κ3) is 8.07.